The van der Waals surface area contributed by atoms with E-state index in [1.807, 2.05) is 0 Å². The van der Waals surface area contributed by atoms with Crippen LogP contribution in [0.3, 0.4) is 0 Å². The van der Waals surface area contributed by atoms with Crippen LogP contribution in [0.15, 0.2) is 36.7 Å². The SMILES string of the molecule is CCOC(=O)COP(=O)(N[C@@H](Cc1ccccc1)C(=O)OC)OC[C@H]1O[C@@H](n2cnc3c(OC)nc(N)nc32)[C@](C)(O)[C@@H]1O. The summed E-state index contributed by atoms with van der Waals surface area (Å²) in [4.78, 5) is 37.0. The number of aliphatic hydroxyl groups excluding tert-OH is 1. The average Bonchev–Trinajstić information content (AvgIpc) is 3.51. The van der Waals surface area contributed by atoms with Crippen molar-refractivity contribution >= 4 is 36.8 Å². The smallest absolute Gasteiger partial charge is 0.406 e. The van der Waals surface area contributed by atoms with Gasteiger partial charge in [-0.1, -0.05) is 30.3 Å². The zero-order chi connectivity index (χ0) is 32.1. The number of nitrogen functional groups attached to an aromatic ring is 1. The predicted molar refractivity (Wildman–Crippen MR) is 152 cm³/mol. The number of nitrogens with two attached hydrogens (primary N) is 1. The molecule has 44 heavy (non-hydrogen) atoms. The summed E-state index contributed by atoms with van der Waals surface area (Å²) >= 11 is 0. The zero-order valence-corrected chi connectivity index (χ0v) is 25.4. The molecule has 6 atom stereocenters. The molecule has 0 radical (unpaired) electrons. The van der Waals surface area contributed by atoms with Crippen LogP contribution in [0.25, 0.3) is 11.2 Å². The highest BCUT2D eigenvalue weighted by atomic mass is 31.2. The molecule has 1 saturated heterocycles. The number of ether oxygens (including phenoxy) is 4. The summed E-state index contributed by atoms with van der Waals surface area (Å²) in [6, 6.07) is 7.60. The van der Waals surface area contributed by atoms with Crippen LogP contribution in [-0.2, 0) is 43.8 Å². The molecule has 3 heterocycles. The van der Waals surface area contributed by atoms with Gasteiger partial charge >= 0.3 is 19.7 Å². The van der Waals surface area contributed by atoms with E-state index >= 15 is 0 Å². The van der Waals surface area contributed by atoms with Gasteiger partial charge < -0.3 is 34.9 Å². The Kier molecular flexibility index (Phi) is 10.5. The summed E-state index contributed by atoms with van der Waals surface area (Å²) < 4.78 is 47.1. The predicted octanol–water partition coefficient (Wildman–Crippen LogP) is 0.505. The van der Waals surface area contributed by atoms with Gasteiger partial charge in [0.15, 0.2) is 24.0 Å². The lowest BCUT2D eigenvalue weighted by Crippen LogP contribution is -2.44. The number of carbonyl (C=O) groups is 2. The number of carbonyl (C=O) groups excluding carboxylic acids is 2. The number of esters is 2. The number of fused-ring (bicyclic) bond motifs is 1. The highest BCUT2D eigenvalue weighted by molar-refractivity contribution is 7.51. The molecule has 0 saturated carbocycles. The lowest BCUT2D eigenvalue weighted by atomic mass is 9.96. The molecule has 1 aliphatic rings. The van der Waals surface area contributed by atoms with Crippen molar-refractivity contribution in [2.45, 2.75) is 50.3 Å². The van der Waals surface area contributed by atoms with Gasteiger partial charge in [-0.2, -0.15) is 9.97 Å². The van der Waals surface area contributed by atoms with E-state index in [1.54, 1.807) is 37.3 Å². The maximum absolute atomic E-state index is 13.9. The summed E-state index contributed by atoms with van der Waals surface area (Å²) in [5.74, 6) is -1.65. The fraction of sp³-hybridized carbons (Fsp3) is 0.500. The number of methoxy groups -OCH3 is 2. The van der Waals surface area contributed by atoms with Crippen molar-refractivity contribution in [1.29, 1.82) is 0 Å². The molecule has 1 aromatic carbocycles. The van der Waals surface area contributed by atoms with Gasteiger partial charge in [-0.15, -0.1) is 0 Å². The number of aliphatic hydroxyl groups is 2. The van der Waals surface area contributed by atoms with E-state index < -0.39 is 63.0 Å². The van der Waals surface area contributed by atoms with Crippen LogP contribution in [0, 0.1) is 0 Å². The van der Waals surface area contributed by atoms with Crippen LogP contribution in [0.1, 0.15) is 25.6 Å². The van der Waals surface area contributed by atoms with Gasteiger partial charge in [0.25, 0.3) is 0 Å². The van der Waals surface area contributed by atoms with E-state index in [-0.39, 0.29) is 36.0 Å². The minimum Gasteiger partial charge on any atom is -0.479 e. The lowest BCUT2D eigenvalue weighted by molar-refractivity contribution is -0.145. The molecule has 240 valence electrons. The molecule has 17 nitrogen and oxygen atoms in total. The first-order chi connectivity index (χ1) is 20.9. The number of anilines is 1. The van der Waals surface area contributed by atoms with E-state index in [4.69, 9.17) is 33.7 Å². The third kappa shape index (κ3) is 7.32. The Bertz CT molecular complexity index is 1500. The van der Waals surface area contributed by atoms with Crippen molar-refractivity contribution in [2.24, 2.45) is 0 Å². The Hall–Kier alpha value is -3.70. The number of hydrogen-bond acceptors (Lipinski definition) is 15. The summed E-state index contributed by atoms with van der Waals surface area (Å²) in [5.41, 5.74) is 4.94. The molecule has 0 bridgehead atoms. The number of hydrogen-bond donors (Lipinski definition) is 4. The number of imidazole rings is 1. The number of benzene rings is 1. The standard InChI is InChI=1S/C26H35N6O11P/c1-5-40-18(33)13-42-44(37,31-16(23(35)39-4)11-15-9-7-6-8-10-15)41-12-17-20(34)26(2,36)24(43-17)32-14-28-19-21(32)29-25(27)30-22(19)38-3/h6-10,14,16-17,20,24,34,36H,5,11-13H2,1-4H3,(H,31,37)(H2,27,29,30)/t16-,17+,20+,24+,26+,44?/m0/s1. The molecular weight excluding hydrogens is 603 g/mol. The third-order valence-corrected chi connectivity index (χ3v) is 8.34. The minimum atomic E-state index is -4.51. The van der Waals surface area contributed by atoms with Crippen molar-refractivity contribution in [3.63, 3.8) is 0 Å². The molecular formula is C26H35N6O11P. The molecule has 1 unspecified atom stereocenters. The van der Waals surface area contributed by atoms with E-state index in [0.29, 0.717) is 5.56 Å². The largest absolute Gasteiger partial charge is 0.479 e. The van der Waals surface area contributed by atoms with Crippen LogP contribution in [0.5, 0.6) is 5.88 Å². The number of rotatable bonds is 14. The first-order valence-electron chi connectivity index (χ1n) is 13.5. The molecule has 2 aromatic heterocycles. The minimum absolute atomic E-state index is 0.0329. The molecule has 0 aliphatic carbocycles. The van der Waals surface area contributed by atoms with Crippen LogP contribution in [0.2, 0.25) is 0 Å². The molecule has 18 heteroatoms. The molecule has 0 spiro atoms. The van der Waals surface area contributed by atoms with Crippen molar-refractivity contribution < 1.29 is 52.4 Å². The second-order valence-electron chi connectivity index (χ2n) is 9.88. The fourth-order valence-corrected chi connectivity index (χ4v) is 6.01. The van der Waals surface area contributed by atoms with Crippen LogP contribution < -0.4 is 15.6 Å². The van der Waals surface area contributed by atoms with Crippen molar-refractivity contribution in [1.82, 2.24) is 24.6 Å². The Morgan fingerprint density at radius 2 is 1.95 bits per heavy atom. The highest BCUT2D eigenvalue weighted by Crippen LogP contribution is 2.47. The summed E-state index contributed by atoms with van der Waals surface area (Å²) in [5, 5.41) is 24.8. The van der Waals surface area contributed by atoms with Crippen molar-refractivity contribution in [2.75, 3.05) is 39.8 Å². The van der Waals surface area contributed by atoms with Crippen LogP contribution in [0.4, 0.5) is 5.95 Å². The molecule has 1 aliphatic heterocycles. The van der Waals surface area contributed by atoms with Gasteiger partial charge in [0.1, 0.15) is 23.9 Å². The maximum atomic E-state index is 13.9. The zero-order valence-electron chi connectivity index (χ0n) is 24.5. The highest BCUT2D eigenvalue weighted by Gasteiger charge is 2.54. The van der Waals surface area contributed by atoms with E-state index in [0.717, 1.165) is 7.11 Å². The quantitative estimate of drug-likeness (QED) is 0.139. The molecule has 5 N–H and O–H groups in total. The number of aromatic nitrogens is 4. The molecule has 1 fully saturated rings. The monoisotopic (exact) mass is 638 g/mol. The van der Waals surface area contributed by atoms with E-state index in [2.05, 4.69) is 20.0 Å². The molecule has 3 aromatic rings. The van der Waals surface area contributed by atoms with Crippen LogP contribution >= 0.6 is 7.75 Å². The summed E-state index contributed by atoms with van der Waals surface area (Å²) in [6.07, 6.45) is -2.82. The van der Waals surface area contributed by atoms with Gasteiger partial charge in [0.2, 0.25) is 11.8 Å². The van der Waals surface area contributed by atoms with Crippen molar-refractivity contribution in [3.8, 4) is 5.88 Å². The second-order valence-corrected chi connectivity index (χ2v) is 11.6. The third-order valence-electron chi connectivity index (χ3n) is 6.76. The van der Waals surface area contributed by atoms with Gasteiger partial charge in [-0.05, 0) is 25.8 Å². The Morgan fingerprint density at radius 3 is 2.61 bits per heavy atom. The van der Waals surface area contributed by atoms with Crippen LogP contribution in [-0.4, -0.2) is 99.6 Å². The molecule has 4 rings (SSSR count). The Balaban J connectivity index is 1.57. The normalized spacial score (nSPS) is 23.6. The summed E-state index contributed by atoms with van der Waals surface area (Å²) in [7, 11) is -1.98. The average molecular weight is 639 g/mol. The van der Waals surface area contributed by atoms with E-state index in [1.165, 1.54) is 24.9 Å². The fourth-order valence-electron chi connectivity index (χ4n) is 4.59. The Labute approximate surface area is 252 Å². The second kappa shape index (κ2) is 13.9. The number of nitrogens with zero attached hydrogens (tertiary/aromatic N) is 4. The number of nitrogens with one attached hydrogen (secondary N) is 1. The Morgan fingerprint density at radius 1 is 1.23 bits per heavy atom. The van der Waals surface area contributed by atoms with E-state index in [9.17, 15) is 24.4 Å². The van der Waals surface area contributed by atoms with Gasteiger partial charge in [-0.3, -0.25) is 18.4 Å². The topological polar surface area (TPSA) is 229 Å². The maximum Gasteiger partial charge on any atom is 0.406 e. The van der Waals surface area contributed by atoms with Gasteiger partial charge in [0, 0.05) is 0 Å². The van der Waals surface area contributed by atoms with Crippen molar-refractivity contribution in [3.05, 3.63) is 42.2 Å². The molecule has 0 amide bonds. The summed E-state index contributed by atoms with van der Waals surface area (Å²) in [6.45, 7) is 1.55. The van der Waals surface area contributed by atoms with Gasteiger partial charge in [0.05, 0.1) is 33.8 Å². The first-order valence-corrected chi connectivity index (χ1v) is 15.0. The van der Waals surface area contributed by atoms with Gasteiger partial charge in [-0.25, -0.2) is 19.4 Å². The first kappa shape index (κ1) is 33.2. The lowest BCUT2D eigenvalue weighted by Gasteiger charge is -2.27.